The Labute approximate surface area is 202 Å². The standard InChI is InChI=1S/C27H37N3O2S/c1-19(2)17-30-25(23-12-7-16-33-23)24(21-10-4-5-11-22(21)27(30)32)26(31)28-13-8-15-29-14-6-9-20(3)18-29/h4-5,7,10-12,16,19-20,24-25H,6,8-9,13-15,17-18H2,1-3H3,(H,28,31)/t20-,24-,25+/m0/s1. The molecule has 0 spiro atoms. The lowest BCUT2D eigenvalue weighted by molar-refractivity contribution is -0.124. The van der Waals surface area contributed by atoms with Crippen molar-refractivity contribution in [2.75, 3.05) is 32.7 Å². The second kappa shape index (κ2) is 10.8. The number of nitrogens with zero attached hydrogens (tertiary/aromatic N) is 2. The summed E-state index contributed by atoms with van der Waals surface area (Å²) in [6.45, 7) is 11.2. The molecule has 5 nitrogen and oxygen atoms in total. The van der Waals surface area contributed by atoms with Crippen LogP contribution in [-0.2, 0) is 4.79 Å². The first-order valence-electron chi connectivity index (χ1n) is 12.4. The Bertz CT molecular complexity index is 943. The maximum atomic E-state index is 13.6. The van der Waals surface area contributed by atoms with Gasteiger partial charge in [-0.25, -0.2) is 0 Å². The lowest BCUT2D eigenvalue weighted by Crippen LogP contribution is -2.48. The molecule has 2 amide bonds. The first-order valence-corrected chi connectivity index (χ1v) is 13.3. The molecule has 2 aliphatic rings. The van der Waals surface area contributed by atoms with Gasteiger partial charge in [0.1, 0.15) is 0 Å². The number of amides is 2. The Balaban J connectivity index is 1.53. The van der Waals surface area contributed by atoms with Crippen molar-refractivity contribution in [1.29, 1.82) is 0 Å². The number of rotatable bonds is 8. The molecule has 1 aromatic carbocycles. The second-order valence-electron chi connectivity index (χ2n) is 10.1. The van der Waals surface area contributed by atoms with Gasteiger partial charge in [-0.05, 0) is 67.3 Å². The molecule has 1 fully saturated rings. The monoisotopic (exact) mass is 467 g/mol. The van der Waals surface area contributed by atoms with Gasteiger partial charge in [0.15, 0.2) is 0 Å². The van der Waals surface area contributed by atoms with Crippen LogP contribution < -0.4 is 5.32 Å². The highest BCUT2D eigenvalue weighted by Gasteiger charge is 2.44. The molecule has 0 saturated carbocycles. The summed E-state index contributed by atoms with van der Waals surface area (Å²) in [7, 11) is 0. The fraction of sp³-hybridized carbons (Fsp3) is 0.556. The molecular formula is C27H37N3O2S. The SMILES string of the molecule is CC(C)CN1C(=O)c2ccccc2[C@H](C(=O)NCCCN2CCC[C@H](C)C2)[C@H]1c1cccs1. The summed E-state index contributed by atoms with van der Waals surface area (Å²) in [4.78, 5) is 32.7. The van der Waals surface area contributed by atoms with Gasteiger partial charge < -0.3 is 15.1 Å². The topological polar surface area (TPSA) is 52.7 Å². The van der Waals surface area contributed by atoms with Gasteiger partial charge in [0, 0.05) is 30.1 Å². The number of fused-ring (bicyclic) bond motifs is 1. The first-order chi connectivity index (χ1) is 16.0. The minimum absolute atomic E-state index is 0.0223. The van der Waals surface area contributed by atoms with E-state index in [0.717, 1.165) is 35.9 Å². The first kappa shape index (κ1) is 24.0. The van der Waals surface area contributed by atoms with Crippen molar-refractivity contribution in [3.8, 4) is 0 Å². The van der Waals surface area contributed by atoms with E-state index in [4.69, 9.17) is 0 Å². The quantitative estimate of drug-likeness (QED) is 0.561. The largest absolute Gasteiger partial charge is 0.355 e. The molecule has 2 aliphatic heterocycles. The van der Waals surface area contributed by atoms with Gasteiger partial charge in [0.25, 0.3) is 5.91 Å². The van der Waals surface area contributed by atoms with Crippen LogP contribution in [0.5, 0.6) is 0 Å². The van der Waals surface area contributed by atoms with Gasteiger partial charge in [-0.1, -0.05) is 45.0 Å². The van der Waals surface area contributed by atoms with Gasteiger partial charge in [-0.2, -0.15) is 0 Å². The van der Waals surface area contributed by atoms with Crippen LogP contribution in [0.15, 0.2) is 41.8 Å². The second-order valence-corrected chi connectivity index (χ2v) is 11.0. The molecule has 33 heavy (non-hydrogen) atoms. The number of piperidine rings is 1. The van der Waals surface area contributed by atoms with Crippen LogP contribution in [-0.4, -0.2) is 54.3 Å². The van der Waals surface area contributed by atoms with Crippen LogP contribution in [0.25, 0.3) is 0 Å². The van der Waals surface area contributed by atoms with E-state index in [-0.39, 0.29) is 17.9 Å². The Morgan fingerprint density at radius 1 is 1.21 bits per heavy atom. The fourth-order valence-corrected chi connectivity index (χ4v) is 6.23. The number of nitrogens with one attached hydrogen (secondary N) is 1. The molecule has 1 saturated heterocycles. The molecule has 3 atom stereocenters. The van der Waals surface area contributed by atoms with Gasteiger partial charge in [-0.15, -0.1) is 11.3 Å². The zero-order valence-corrected chi connectivity index (χ0v) is 20.9. The van der Waals surface area contributed by atoms with Crippen LogP contribution in [0.3, 0.4) is 0 Å². The Morgan fingerprint density at radius 2 is 2.03 bits per heavy atom. The third-order valence-electron chi connectivity index (χ3n) is 6.81. The molecule has 0 aliphatic carbocycles. The van der Waals surface area contributed by atoms with Crippen LogP contribution in [0.2, 0.25) is 0 Å². The number of carbonyl (C=O) groups excluding carboxylic acids is 2. The minimum atomic E-state index is -0.397. The van der Waals surface area contributed by atoms with Gasteiger partial charge in [0.2, 0.25) is 5.91 Å². The molecule has 1 aromatic heterocycles. The number of likely N-dealkylation sites (tertiary alicyclic amines) is 1. The summed E-state index contributed by atoms with van der Waals surface area (Å²) in [5, 5.41) is 5.26. The highest BCUT2D eigenvalue weighted by Crippen LogP contribution is 2.44. The van der Waals surface area contributed by atoms with Crippen molar-refractivity contribution in [3.63, 3.8) is 0 Å². The molecule has 0 unspecified atom stereocenters. The Kier molecular flexibility index (Phi) is 7.86. The van der Waals surface area contributed by atoms with Crippen LogP contribution in [0.4, 0.5) is 0 Å². The average Bonchev–Trinajstić information content (AvgIpc) is 3.32. The molecule has 0 bridgehead atoms. The summed E-state index contributed by atoms with van der Waals surface area (Å²) < 4.78 is 0. The van der Waals surface area contributed by atoms with Crippen molar-refractivity contribution < 1.29 is 9.59 Å². The summed E-state index contributed by atoms with van der Waals surface area (Å²) in [6.07, 6.45) is 3.55. The van der Waals surface area contributed by atoms with Gasteiger partial charge in [-0.3, -0.25) is 9.59 Å². The average molecular weight is 468 g/mol. The molecule has 0 radical (unpaired) electrons. The third kappa shape index (κ3) is 5.49. The summed E-state index contributed by atoms with van der Waals surface area (Å²) in [5.74, 6) is 0.738. The molecule has 4 rings (SSSR count). The lowest BCUT2D eigenvalue weighted by atomic mass is 9.81. The van der Waals surface area contributed by atoms with E-state index in [1.807, 2.05) is 40.6 Å². The molecule has 3 heterocycles. The number of hydrogen-bond acceptors (Lipinski definition) is 4. The van der Waals surface area contributed by atoms with Crippen LogP contribution in [0, 0.1) is 11.8 Å². The van der Waals surface area contributed by atoms with Crippen LogP contribution >= 0.6 is 11.3 Å². The van der Waals surface area contributed by atoms with Crippen molar-refractivity contribution in [1.82, 2.24) is 15.1 Å². The number of thiophene rings is 1. The third-order valence-corrected chi connectivity index (χ3v) is 7.75. The lowest BCUT2D eigenvalue weighted by Gasteiger charge is -2.42. The molecule has 178 valence electrons. The van der Waals surface area contributed by atoms with E-state index in [2.05, 4.69) is 37.1 Å². The molecule has 2 aromatic rings. The number of benzene rings is 1. The maximum Gasteiger partial charge on any atom is 0.254 e. The molecule has 6 heteroatoms. The summed E-state index contributed by atoms with van der Waals surface area (Å²) in [5.41, 5.74) is 1.51. The number of carbonyl (C=O) groups is 2. The van der Waals surface area contributed by atoms with E-state index in [1.54, 1.807) is 11.3 Å². The highest BCUT2D eigenvalue weighted by molar-refractivity contribution is 7.10. The van der Waals surface area contributed by atoms with Crippen molar-refractivity contribution >= 4 is 23.2 Å². The zero-order valence-electron chi connectivity index (χ0n) is 20.1. The molecular weight excluding hydrogens is 430 g/mol. The van der Waals surface area contributed by atoms with E-state index < -0.39 is 5.92 Å². The minimum Gasteiger partial charge on any atom is -0.355 e. The van der Waals surface area contributed by atoms with Gasteiger partial charge in [0.05, 0.1) is 12.0 Å². The summed E-state index contributed by atoms with van der Waals surface area (Å²) in [6, 6.07) is 11.5. The van der Waals surface area contributed by atoms with E-state index in [1.165, 1.54) is 19.4 Å². The van der Waals surface area contributed by atoms with Crippen molar-refractivity contribution in [3.05, 3.63) is 57.8 Å². The van der Waals surface area contributed by atoms with E-state index in [9.17, 15) is 9.59 Å². The number of hydrogen-bond donors (Lipinski definition) is 1. The van der Waals surface area contributed by atoms with Crippen LogP contribution in [0.1, 0.15) is 72.8 Å². The van der Waals surface area contributed by atoms with Gasteiger partial charge >= 0.3 is 0 Å². The maximum absolute atomic E-state index is 13.6. The Hall–Kier alpha value is -2.18. The smallest absolute Gasteiger partial charge is 0.254 e. The molecule has 1 N–H and O–H groups in total. The zero-order chi connectivity index (χ0) is 23.4. The fourth-order valence-electron chi connectivity index (χ4n) is 5.36. The van der Waals surface area contributed by atoms with E-state index >= 15 is 0 Å². The summed E-state index contributed by atoms with van der Waals surface area (Å²) >= 11 is 1.62. The van der Waals surface area contributed by atoms with E-state index in [0.29, 0.717) is 24.6 Å². The highest BCUT2D eigenvalue weighted by atomic mass is 32.1. The Morgan fingerprint density at radius 3 is 2.76 bits per heavy atom. The predicted molar refractivity (Wildman–Crippen MR) is 135 cm³/mol. The normalized spacial score (nSPS) is 23.6. The predicted octanol–water partition coefficient (Wildman–Crippen LogP) is 4.92. The van der Waals surface area contributed by atoms with Crippen molar-refractivity contribution in [2.24, 2.45) is 11.8 Å². The van der Waals surface area contributed by atoms with Crippen molar-refractivity contribution in [2.45, 2.75) is 52.0 Å².